The number of hydrogen-bond donors (Lipinski definition) is 2. The molecule has 1 aromatic carbocycles. The van der Waals surface area contributed by atoms with E-state index in [2.05, 4.69) is 5.32 Å². The fourth-order valence-corrected chi connectivity index (χ4v) is 3.40. The Bertz CT molecular complexity index is 620. The summed E-state index contributed by atoms with van der Waals surface area (Å²) >= 11 is 0. The zero-order chi connectivity index (χ0) is 14.0. The molecule has 0 aliphatic heterocycles. The summed E-state index contributed by atoms with van der Waals surface area (Å²) in [5, 5.41) is 2.04. The first-order chi connectivity index (χ1) is 8.91. The van der Waals surface area contributed by atoms with Crippen LogP contribution < -0.4 is 11.1 Å². The summed E-state index contributed by atoms with van der Waals surface area (Å²) in [6.07, 6.45) is 1.40. The van der Waals surface area contributed by atoms with Crippen LogP contribution in [0.15, 0.2) is 29.2 Å². The third-order valence-corrected chi connectivity index (χ3v) is 5.13. The smallest absolute Gasteiger partial charge is 0.309 e. The van der Waals surface area contributed by atoms with Crippen molar-refractivity contribution in [2.24, 2.45) is 5.73 Å². The van der Waals surface area contributed by atoms with Crippen molar-refractivity contribution in [3.8, 4) is 0 Å². The van der Waals surface area contributed by atoms with Crippen LogP contribution in [0.1, 0.15) is 18.4 Å². The molecule has 0 saturated heterocycles. The van der Waals surface area contributed by atoms with Crippen molar-refractivity contribution < 1.29 is 18.0 Å². The average molecular weight is 282 g/mol. The summed E-state index contributed by atoms with van der Waals surface area (Å²) in [7, 11) is -3.25. The maximum atomic E-state index is 12.0. The van der Waals surface area contributed by atoms with Crippen LogP contribution in [0.5, 0.6) is 0 Å². The first kappa shape index (κ1) is 13.5. The summed E-state index contributed by atoms with van der Waals surface area (Å²) in [4.78, 5) is 21.8. The van der Waals surface area contributed by atoms with E-state index in [0.717, 1.165) is 0 Å². The molecule has 6 nitrogen and oxygen atoms in total. The highest BCUT2D eigenvalue weighted by atomic mass is 32.2. The van der Waals surface area contributed by atoms with Gasteiger partial charge in [0.2, 0.25) is 0 Å². The maximum absolute atomic E-state index is 12.0. The van der Waals surface area contributed by atoms with E-state index in [0.29, 0.717) is 18.4 Å². The lowest BCUT2D eigenvalue weighted by molar-refractivity contribution is -0.137. The highest BCUT2D eigenvalue weighted by Crippen LogP contribution is 2.33. The number of nitrogens with one attached hydrogen (secondary N) is 1. The van der Waals surface area contributed by atoms with Crippen molar-refractivity contribution in [1.29, 1.82) is 0 Å². The van der Waals surface area contributed by atoms with Crippen molar-refractivity contribution in [1.82, 2.24) is 5.32 Å². The number of amides is 2. The predicted octanol–water partition coefficient (Wildman–Crippen LogP) is -0.276. The topological polar surface area (TPSA) is 106 Å². The monoisotopic (exact) mass is 282 g/mol. The molecule has 19 heavy (non-hydrogen) atoms. The Hall–Kier alpha value is -1.89. The molecule has 0 spiro atoms. The van der Waals surface area contributed by atoms with Gasteiger partial charge in [0.25, 0.3) is 0 Å². The van der Waals surface area contributed by atoms with Crippen LogP contribution in [-0.4, -0.2) is 25.5 Å². The molecule has 0 aromatic heterocycles. The van der Waals surface area contributed by atoms with Gasteiger partial charge in [0.1, 0.15) is 0 Å². The van der Waals surface area contributed by atoms with E-state index >= 15 is 0 Å². The number of sulfone groups is 1. The van der Waals surface area contributed by atoms with Crippen LogP contribution >= 0.6 is 0 Å². The summed E-state index contributed by atoms with van der Waals surface area (Å²) < 4.78 is 24.1. The van der Waals surface area contributed by atoms with Crippen LogP contribution in [0.4, 0.5) is 0 Å². The molecule has 1 fully saturated rings. The van der Waals surface area contributed by atoms with Crippen LogP contribution in [0.2, 0.25) is 0 Å². The van der Waals surface area contributed by atoms with E-state index in [1.165, 1.54) is 12.1 Å². The highest BCUT2D eigenvalue weighted by molar-refractivity contribution is 7.92. The first-order valence-corrected chi connectivity index (χ1v) is 7.36. The minimum absolute atomic E-state index is 0.0653. The molecular formula is C12H14N2O4S. The van der Waals surface area contributed by atoms with Crippen LogP contribution in [0.25, 0.3) is 0 Å². The molecule has 0 radical (unpaired) electrons. The quantitative estimate of drug-likeness (QED) is 0.741. The number of nitrogens with two attached hydrogens (primary N) is 1. The zero-order valence-corrected chi connectivity index (χ0v) is 10.9. The standard InChI is InChI=1S/C12H14N2O4S/c13-11(15)12(16)14-7-8-2-1-3-10(6-8)19(17,18)9-4-5-9/h1-3,6,9H,4-5,7H2,(H2,13,15)(H,14,16). The van der Waals surface area contributed by atoms with Gasteiger partial charge < -0.3 is 11.1 Å². The Kier molecular flexibility index (Phi) is 3.57. The van der Waals surface area contributed by atoms with Crippen molar-refractivity contribution >= 4 is 21.7 Å². The Morgan fingerprint density at radius 3 is 2.58 bits per heavy atom. The molecule has 0 bridgehead atoms. The van der Waals surface area contributed by atoms with Gasteiger partial charge in [-0.2, -0.15) is 0 Å². The van der Waals surface area contributed by atoms with Crippen molar-refractivity contribution in [3.63, 3.8) is 0 Å². The van der Waals surface area contributed by atoms with Gasteiger partial charge in [0, 0.05) is 6.54 Å². The Balaban J connectivity index is 2.11. The van der Waals surface area contributed by atoms with E-state index in [-0.39, 0.29) is 16.7 Å². The van der Waals surface area contributed by atoms with Crippen molar-refractivity contribution in [2.75, 3.05) is 0 Å². The lowest BCUT2D eigenvalue weighted by Crippen LogP contribution is -2.35. The van der Waals surface area contributed by atoms with E-state index in [4.69, 9.17) is 5.73 Å². The van der Waals surface area contributed by atoms with Gasteiger partial charge in [0.05, 0.1) is 10.1 Å². The normalized spacial score (nSPS) is 14.9. The summed E-state index contributed by atoms with van der Waals surface area (Å²) in [6, 6.07) is 6.33. The van der Waals surface area contributed by atoms with Gasteiger partial charge in [-0.25, -0.2) is 8.42 Å². The number of rotatable bonds is 4. The average Bonchev–Trinajstić information content (AvgIpc) is 3.20. The molecule has 2 amide bonds. The number of carbonyl (C=O) groups excluding carboxylic acids is 2. The van der Waals surface area contributed by atoms with Gasteiger partial charge in [-0.15, -0.1) is 0 Å². The molecule has 0 unspecified atom stereocenters. The second-order valence-electron chi connectivity index (χ2n) is 4.44. The summed E-state index contributed by atoms with van der Waals surface area (Å²) in [6.45, 7) is 0.0653. The summed E-state index contributed by atoms with van der Waals surface area (Å²) in [5.41, 5.74) is 5.41. The predicted molar refractivity (Wildman–Crippen MR) is 67.7 cm³/mol. The van der Waals surface area contributed by atoms with Gasteiger partial charge in [-0.05, 0) is 30.5 Å². The summed E-state index contributed by atoms with van der Waals surface area (Å²) in [5.74, 6) is -1.96. The van der Waals surface area contributed by atoms with E-state index in [1.54, 1.807) is 12.1 Å². The van der Waals surface area contributed by atoms with Gasteiger partial charge in [0.15, 0.2) is 9.84 Å². The molecule has 0 atom stereocenters. The molecule has 2 rings (SSSR count). The largest absolute Gasteiger partial charge is 0.361 e. The third-order valence-electron chi connectivity index (χ3n) is 2.87. The van der Waals surface area contributed by atoms with Gasteiger partial charge >= 0.3 is 11.8 Å². The fraction of sp³-hybridized carbons (Fsp3) is 0.333. The molecule has 3 N–H and O–H groups in total. The molecular weight excluding hydrogens is 268 g/mol. The number of benzene rings is 1. The van der Waals surface area contributed by atoms with E-state index in [1.807, 2.05) is 0 Å². The number of carbonyl (C=O) groups is 2. The van der Waals surface area contributed by atoms with E-state index in [9.17, 15) is 18.0 Å². The molecule has 0 heterocycles. The molecule has 1 aromatic rings. The Labute approximate surface area is 110 Å². The second-order valence-corrected chi connectivity index (χ2v) is 6.67. The highest BCUT2D eigenvalue weighted by Gasteiger charge is 2.36. The first-order valence-electron chi connectivity index (χ1n) is 5.82. The van der Waals surface area contributed by atoms with Crippen molar-refractivity contribution in [3.05, 3.63) is 29.8 Å². The maximum Gasteiger partial charge on any atom is 0.309 e. The van der Waals surface area contributed by atoms with Crippen LogP contribution in [0, 0.1) is 0 Å². The van der Waals surface area contributed by atoms with Gasteiger partial charge in [-0.1, -0.05) is 12.1 Å². The number of hydrogen-bond acceptors (Lipinski definition) is 4. The Morgan fingerprint density at radius 1 is 1.32 bits per heavy atom. The minimum atomic E-state index is -3.25. The minimum Gasteiger partial charge on any atom is -0.361 e. The fourth-order valence-electron chi connectivity index (χ4n) is 1.67. The Morgan fingerprint density at radius 2 is 2.00 bits per heavy atom. The lowest BCUT2D eigenvalue weighted by atomic mass is 10.2. The number of primary amides is 1. The molecule has 7 heteroatoms. The van der Waals surface area contributed by atoms with Crippen molar-refractivity contribution in [2.45, 2.75) is 29.5 Å². The SMILES string of the molecule is NC(=O)C(=O)NCc1cccc(S(=O)(=O)C2CC2)c1. The van der Waals surface area contributed by atoms with Gasteiger partial charge in [-0.3, -0.25) is 9.59 Å². The molecule has 1 aliphatic carbocycles. The van der Waals surface area contributed by atoms with E-state index < -0.39 is 21.7 Å². The molecule has 1 saturated carbocycles. The van der Waals surface area contributed by atoms with Crippen LogP contribution in [-0.2, 0) is 26.0 Å². The second kappa shape index (κ2) is 5.00. The van der Waals surface area contributed by atoms with Crippen LogP contribution in [0.3, 0.4) is 0 Å². The lowest BCUT2D eigenvalue weighted by Gasteiger charge is -2.06. The third kappa shape index (κ3) is 3.11. The molecule has 1 aliphatic rings. The molecule has 102 valence electrons. The zero-order valence-electron chi connectivity index (χ0n) is 10.1.